The van der Waals surface area contributed by atoms with Gasteiger partial charge >= 0.3 is 0 Å². The van der Waals surface area contributed by atoms with Crippen LogP contribution < -0.4 is 4.74 Å². The van der Waals surface area contributed by atoms with Gasteiger partial charge in [0.05, 0.1) is 13.3 Å². The third-order valence-electron chi connectivity index (χ3n) is 3.18. The number of ether oxygens (including phenoxy) is 1. The maximum Gasteiger partial charge on any atom is 0.216 e. The molecule has 0 amide bonds. The van der Waals surface area contributed by atoms with Gasteiger partial charge in [-0.05, 0) is 42.0 Å². The van der Waals surface area contributed by atoms with Crippen LogP contribution in [0.2, 0.25) is 0 Å². The van der Waals surface area contributed by atoms with Crippen molar-refractivity contribution in [3.05, 3.63) is 63.3 Å². The number of benzene rings is 2. The maximum absolute atomic E-state index is 5.27. The highest BCUT2D eigenvalue weighted by atomic mass is 79.9. The predicted molar refractivity (Wildman–Crippen MR) is 96.5 cm³/mol. The molecule has 0 atom stereocenters. The zero-order valence-electron chi connectivity index (χ0n) is 12.2. The van der Waals surface area contributed by atoms with Crippen LogP contribution in [-0.2, 0) is 0 Å². The molecule has 0 saturated carbocycles. The van der Waals surface area contributed by atoms with Gasteiger partial charge in [-0.15, -0.1) is 0 Å². The molecule has 0 bridgehead atoms. The van der Waals surface area contributed by atoms with E-state index in [4.69, 9.17) is 17.0 Å². The van der Waals surface area contributed by atoms with E-state index in [9.17, 15) is 0 Å². The summed E-state index contributed by atoms with van der Waals surface area (Å²) in [5.74, 6) is 1.41. The normalized spacial score (nSPS) is 11.0. The molecule has 0 unspecified atom stereocenters. The number of halogens is 1. The number of hydrogen-bond acceptors (Lipinski definition) is 4. The fourth-order valence-electron chi connectivity index (χ4n) is 2.06. The number of hydrogen-bond donors (Lipinski definition) is 1. The Hall–Kier alpha value is -2.25. The summed E-state index contributed by atoms with van der Waals surface area (Å²) in [5.41, 5.74) is 1.81. The Bertz CT molecular complexity index is 916. The van der Waals surface area contributed by atoms with E-state index in [0.29, 0.717) is 10.6 Å². The van der Waals surface area contributed by atoms with Crippen LogP contribution in [0.25, 0.3) is 11.4 Å². The summed E-state index contributed by atoms with van der Waals surface area (Å²) in [6.45, 7) is 0. The minimum absolute atomic E-state index is 0.426. The van der Waals surface area contributed by atoms with Crippen LogP contribution in [-0.4, -0.2) is 28.2 Å². The number of rotatable bonds is 4. The van der Waals surface area contributed by atoms with Gasteiger partial charge in [0.25, 0.3) is 0 Å². The molecule has 116 valence electrons. The molecule has 0 aliphatic rings. The van der Waals surface area contributed by atoms with Crippen molar-refractivity contribution in [2.24, 2.45) is 5.10 Å². The Labute approximate surface area is 146 Å². The molecule has 1 heterocycles. The number of aromatic nitrogens is 3. The molecule has 7 heteroatoms. The molecule has 23 heavy (non-hydrogen) atoms. The third kappa shape index (κ3) is 3.40. The average Bonchev–Trinajstić information content (AvgIpc) is 2.94. The molecule has 1 aromatic heterocycles. The molecule has 3 aromatic rings. The van der Waals surface area contributed by atoms with E-state index in [0.717, 1.165) is 21.3 Å². The van der Waals surface area contributed by atoms with Crippen LogP contribution in [0.3, 0.4) is 0 Å². The molecule has 0 spiro atoms. The first kappa shape index (κ1) is 15.6. The first-order valence-electron chi connectivity index (χ1n) is 6.80. The van der Waals surface area contributed by atoms with Gasteiger partial charge in [-0.1, -0.05) is 40.2 Å². The Kier molecular flexibility index (Phi) is 4.68. The van der Waals surface area contributed by atoms with Crippen molar-refractivity contribution in [2.75, 3.05) is 7.11 Å². The van der Waals surface area contributed by atoms with Gasteiger partial charge in [-0.3, -0.25) is 0 Å². The molecule has 0 saturated heterocycles. The first-order chi connectivity index (χ1) is 11.2. The quantitative estimate of drug-likeness (QED) is 0.536. The van der Waals surface area contributed by atoms with E-state index in [1.165, 1.54) is 0 Å². The second-order valence-electron chi connectivity index (χ2n) is 4.67. The van der Waals surface area contributed by atoms with Crippen LogP contribution >= 0.6 is 28.1 Å². The van der Waals surface area contributed by atoms with Crippen LogP contribution in [0, 0.1) is 4.77 Å². The summed E-state index contributed by atoms with van der Waals surface area (Å²) in [7, 11) is 1.63. The van der Waals surface area contributed by atoms with Crippen LogP contribution in [0.1, 0.15) is 5.56 Å². The third-order valence-corrected chi connectivity index (χ3v) is 4.14. The van der Waals surface area contributed by atoms with Gasteiger partial charge in [0.2, 0.25) is 4.77 Å². The van der Waals surface area contributed by atoms with E-state index in [2.05, 4.69) is 31.2 Å². The van der Waals surface area contributed by atoms with Gasteiger partial charge in [0.15, 0.2) is 5.82 Å². The summed E-state index contributed by atoms with van der Waals surface area (Å²) < 4.78 is 8.15. The molecular weight excluding hydrogens is 376 g/mol. The lowest BCUT2D eigenvalue weighted by Gasteiger charge is -2.03. The van der Waals surface area contributed by atoms with E-state index in [1.54, 1.807) is 18.0 Å². The lowest BCUT2D eigenvalue weighted by atomic mass is 10.2. The van der Waals surface area contributed by atoms with Crippen molar-refractivity contribution in [1.82, 2.24) is 14.9 Å². The lowest BCUT2D eigenvalue weighted by Crippen LogP contribution is -1.96. The number of methoxy groups -OCH3 is 1. The van der Waals surface area contributed by atoms with Crippen molar-refractivity contribution in [3.8, 4) is 17.1 Å². The highest BCUT2D eigenvalue weighted by Crippen LogP contribution is 2.26. The van der Waals surface area contributed by atoms with Crippen LogP contribution in [0.15, 0.2) is 58.1 Å². The van der Waals surface area contributed by atoms with E-state index < -0.39 is 0 Å². The van der Waals surface area contributed by atoms with Crippen molar-refractivity contribution in [3.63, 3.8) is 0 Å². The number of H-pyrrole nitrogens is 1. The fraction of sp³-hybridized carbons (Fsp3) is 0.0625. The molecule has 0 radical (unpaired) electrons. The monoisotopic (exact) mass is 388 g/mol. The highest BCUT2D eigenvalue weighted by Gasteiger charge is 2.10. The Morgan fingerprint density at radius 2 is 2.09 bits per heavy atom. The highest BCUT2D eigenvalue weighted by molar-refractivity contribution is 9.10. The van der Waals surface area contributed by atoms with Gasteiger partial charge in [-0.25, -0.2) is 5.10 Å². The standard InChI is InChI=1S/C16H13BrN4OS/c1-22-12-6-4-5-11(9-12)10-18-21-15(19-20-16(21)23)13-7-2-3-8-14(13)17/h2-10H,1H3,(H,20,23)/b18-10+. The van der Waals surface area contributed by atoms with E-state index in [1.807, 2.05) is 48.5 Å². The van der Waals surface area contributed by atoms with Gasteiger partial charge in [0.1, 0.15) is 5.75 Å². The Morgan fingerprint density at radius 3 is 2.87 bits per heavy atom. The summed E-state index contributed by atoms with van der Waals surface area (Å²) in [4.78, 5) is 0. The molecule has 2 aromatic carbocycles. The van der Waals surface area contributed by atoms with Crippen LogP contribution in [0.5, 0.6) is 5.75 Å². The Balaban J connectivity index is 2.01. The predicted octanol–water partition coefficient (Wildman–Crippen LogP) is 4.26. The summed E-state index contributed by atoms with van der Waals surface area (Å²) in [6, 6.07) is 15.4. The zero-order valence-corrected chi connectivity index (χ0v) is 14.6. The SMILES string of the molecule is COc1cccc(/C=N/n2c(-c3ccccc3Br)n[nH]c2=S)c1. The summed E-state index contributed by atoms with van der Waals surface area (Å²) in [5, 5.41) is 11.5. The van der Waals surface area contributed by atoms with E-state index >= 15 is 0 Å². The number of nitrogens with one attached hydrogen (secondary N) is 1. The fourth-order valence-corrected chi connectivity index (χ4v) is 2.70. The second kappa shape index (κ2) is 6.89. The molecule has 1 N–H and O–H groups in total. The average molecular weight is 389 g/mol. The molecule has 0 aliphatic heterocycles. The Morgan fingerprint density at radius 1 is 1.26 bits per heavy atom. The maximum atomic E-state index is 5.27. The minimum atomic E-state index is 0.426. The zero-order chi connectivity index (χ0) is 16.2. The largest absolute Gasteiger partial charge is 0.497 e. The van der Waals surface area contributed by atoms with Crippen molar-refractivity contribution in [1.29, 1.82) is 0 Å². The first-order valence-corrected chi connectivity index (χ1v) is 8.00. The molecular formula is C16H13BrN4OS. The number of nitrogens with zero attached hydrogens (tertiary/aromatic N) is 3. The van der Waals surface area contributed by atoms with E-state index in [-0.39, 0.29) is 0 Å². The molecule has 3 rings (SSSR count). The van der Waals surface area contributed by atoms with Gasteiger partial charge in [-0.2, -0.15) is 14.9 Å². The summed E-state index contributed by atoms with van der Waals surface area (Å²) in [6.07, 6.45) is 1.72. The molecule has 5 nitrogen and oxygen atoms in total. The topological polar surface area (TPSA) is 55.2 Å². The lowest BCUT2D eigenvalue weighted by molar-refractivity contribution is 0.415. The summed E-state index contributed by atoms with van der Waals surface area (Å²) >= 11 is 8.79. The van der Waals surface area contributed by atoms with Crippen molar-refractivity contribution >= 4 is 34.4 Å². The van der Waals surface area contributed by atoms with Crippen LogP contribution in [0.4, 0.5) is 0 Å². The molecule has 0 aliphatic carbocycles. The number of aromatic amines is 1. The second-order valence-corrected chi connectivity index (χ2v) is 5.91. The van der Waals surface area contributed by atoms with Crippen molar-refractivity contribution in [2.45, 2.75) is 0 Å². The van der Waals surface area contributed by atoms with Gasteiger partial charge in [0, 0.05) is 10.0 Å². The van der Waals surface area contributed by atoms with Crippen molar-refractivity contribution < 1.29 is 4.74 Å². The van der Waals surface area contributed by atoms with Gasteiger partial charge < -0.3 is 4.74 Å². The minimum Gasteiger partial charge on any atom is -0.497 e. The smallest absolute Gasteiger partial charge is 0.216 e. The molecule has 0 fully saturated rings.